The molecule has 0 bridgehead atoms. The van der Waals surface area contributed by atoms with Gasteiger partial charge >= 0.3 is 0 Å². The van der Waals surface area contributed by atoms with Gasteiger partial charge in [0.2, 0.25) is 0 Å². The van der Waals surface area contributed by atoms with Crippen LogP contribution in [0.5, 0.6) is 0 Å². The van der Waals surface area contributed by atoms with Gasteiger partial charge in [0.25, 0.3) is 0 Å². The van der Waals surface area contributed by atoms with E-state index in [0.29, 0.717) is 6.04 Å². The van der Waals surface area contributed by atoms with Gasteiger partial charge < -0.3 is 5.32 Å². The van der Waals surface area contributed by atoms with Gasteiger partial charge in [-0.05, 0) is 30.9 Å². The van der Waals surface area contributed by atoms with Crippen LogP contribution < -0.4 is 5.32 Å². The number of thiazole rings is 1. The smallest absolute Gasteiger partial charge is 0.0794 e. The lowest BCUT2D eigenvalue weighted by Crippen LogP contribution is -2.21. The molecule has 0 fully saturated rings. The molecule has 2 nitrogen and oxygen atoms in total. The summed E-state index contributed by atoms with van der Waals surface area (Å²) < 4.78 is 1.38. The summed E-state index contributed by atoms with van der Waals surface area (Å²) in [5.74, 6) is 0. The molecule has 0 spiro atoms. The molecule has 1 aromatic carbocycles. The van der Waals surface area contributed by atoms with Crippen LogP contribution in [0.3, 0.4) is 0 Å². The average Bonchev–Trinajstić information content (AvgIpc) is 3.08. The highest BCUT2D eigenvalue weighted by atomic mass is 32.1. The maximum atomic E-state index is 4.32. The molecule has 1 N–H and O–H groups in total. The molecule has 4 heteroatoms. The molecule has 0 aliphatic heterocycles. The number of hydrogen-bond donors (Lipinski definition) is 1. The maximum Gasteiger partial charge on any atom is 0.0794 e. The number of hydrogen-bond acceptors (Lipinski definition) is 4. The SMILES string of the molecule is Cc1c(C(C)NCCc2cscn2)sc2ccccc12. The minimum Gasteiger partial charge on any atom is -0.309 e. The molecule has 1 atom stereocenters. The highest BCUT2D eigenvalue weighted by molar-refractivity contribution is 7.19. The molecule has 0 radical (unpaired) electrons. The van der Waals surface area contributed by atoms with Crippen LogP contribution in [0.2, 0.25) is 0 Å². The Balaban J connectivity index is 1.69. The number of aryl methyl sites for hydroxylation is 1. The van der Waals surface area contributed by atoms with Crippen LogP contribution in [-0.2, 0) is 6.42 Å². The maximum absolute atomic E-state index is 4.32. The second-order valence-corrected chi connectivity index (χ2v) is 6.80. The third kappa shape index (κ3) is 2.77. The zero-order valence-corrected chi connectivity index (χ0v) is 13.4. The third-order valence-corrected chi connectivity index (χ3v) is 5.68. The lowest BCUT2D eigenvalue weighted by molar-refractivity contribution is 0.580. The van der Waals surface area contributed by atoms with Gasteiger partial charge in [-0.3, -0.25) is 0 Å². The number of nitrogens with one attached hydrogen (secondary N) is 1. The summed E-state index contributed by atoms with van der Waals surface area (Å²) in [7, 11) is 0. The summed E-state index contributed by atoms with van der Waals surface area (Å²) in [6.45, 7) is 5.45. The Bertz CT molecular complexity index is 686. The van der Waals surface area contributed by atoms with Crippen LogP contribution in [0, 0.1) is 6.92 Å². The first-order valence-electron chi connectivity index (χ1n) is 6.84. The fourth-order valence-electron chi connectivity index (χ4n) is 2.48. The molecule has 1 unspecified atom stereocenters. The number of nitrogens with zero attached hydrogens (tertiary/aromatic N) is 1. The van der Waals surface area contributed by atoms with Gasteiger partial charge in [-0.15, -0.1) is 22.7 Å². The van der Waals surface area contributed by atoms with Gasteiger partial charge in [0.05, 0.1) is 11.2 Å². The van der Waals surface area contributed by atoms with E-state index in [0.717, 1.165) is 13.0 Å². The minimum absolute atomic E-state index is 0.394. The summed E-state index contributed by atoms with van der Waals surface area (Å²) in [5.41, 5.74) is 4.50. The van der Waals surface area contributed by atoms with Gasteiger partial charge in [-0.2, -0.15) is 0 Å². The van der Waals surface area contributed by atoms with Crippen LogP contribution in [0.1, 0.15) is 29.1 Å². The molecule has 20 heavy (non-hydrogen) atoms. The normalized spacial score (nSPS) is 12.9. The van der Waals surface area contributed by atoms with Crippen LogP contribution in [0.15, 0.2) is 35.2 Å². The predicted octanol–water partition coefficient (Wildman–Crippen LogP) is 4.56. The first-order chi connectivity index (χ1) is 9.75. The summed E-state index contributed by atoms with van der Waals surface area (Å²) in [5, 5.41) is 7.13. The van der Waals surface area contributed by atoms with E-state index in [1.54, 1.807) is 11.3 Å². The van der Waals surface area contributed by atoms with Crippen molar-refractivity contribution in [3.63, 3.8) is 0 Å². The van der Waals surface area contributed by atoms with E-state index in [4.69, 9.17) is 0 Å². The second kappa shape index (κ2) is 6.04. The Morgan fingerprint density at radius 3 is 2.90 bits per heavy atom. The molecule has 104 valence electrons. The summed E-state index contributed by atoms with van der Waals surface area (Å²) in [4.78, 5) is 5.77. The topological polar surface area (TPSA) is 24.9 Å². The monoisotopic (exact) mass is 302 g/mol. The van der Waals surface area contributed by atoms with E-state index in [9.17, 15) is 0 Å². The number of rotatable bonds is 5. The quantitative estimate of drug-likeness (QED) is 0.747. The van der Waals surface area contributed by atoms with Crippen molar-refractivity contribution in [2.75, 3.05) is 6.54 Å². The molecule has 0 saturated heterocycles. The van der Waals surface area contributed by atoms with E-state index in [-0.39, 0.29) is 0 Å². The summed E-state index contributed by atoms with van der Waals surface area (Å²) in [6, 6.07) is 9.05. The van der Waals surface area contributed by atoms with Crippen molar-refractivity contribution in [2.45, 2.75) is 26.3 Å². The molecular weight excluding hydrogens is 284 g/mol. The van der Waals surface area contributed by atoms with Gasteiger partial charge in [0, 0.05) is 34.0 Å². The highest BCUT2D eigenvalue weighted by Gasteiger charge is 2.13. The van der Waals surface area contributed by atoms with Crippen molar-refractivity contribution < 1.29 is 0 Å². The van der Waals surface area contributed by atoms with Gasteiger partial charge in [-0.1, -0.05) is 18.2 Å². The molecule has 0 aliphatic rings. The number of aromatic nitrogens is 1. The largest absolute Gasteiger partial charge is 0.309 e. The summed E-state index contributed by atoms with van der Waals surface area (Å²) >= 11 is 3.57. The fraction of sp³-hybridized carbons (Fsp3) is 0.312. The van der Waals surface area contributed by atoms with Crippen LogP contribution >= 0.6 is 22.7 Å². The van der Waals surface area contributed by atoms with E-state index in [1.165, 1.54) is 26.2 Å². The Kier molecular flexibility index (Phi) is 4.15. The Morgan fingerprint density at radius 1 is 1.30 bits per heavy atom. The van der Waals surface area contributed by atoms with Crippen molar-refractivity contribution in [1.29, 1.82) is 0 Å². The second-order valence-electron chi connectivity index (χ2n) is 4.99. The van der Waals surface area contributed by atoms with Crippen molar-refractivity contribution in [1.82, 2.24) is 10.3 Å². The zero-order chi connectivity index (χ0) is 13.9. The van der Waals surface area contributed by atoms with E-state index >= 15 is 0 Å². The molecule has 0 saturated carbocycles. The minimum atomic E-state index is 0.394. The fourth-order valence-corrected chi connectivity index (χ4v) is 4.31. The molecule has 2 aromatic heterocycles. The molecular formula is C16H18N2S2. The molecule has 2 heterocycles. The van der Waals surface area contributed by atoms with Crippen molar-refractivity contribution in [3.05, 3.63) is 51.3 Å². The van der Waals surface area contributed by atoms with Crippen LogP contribution in [0.25, 0.3) is 10.1 Å². The summed E-state index contributed by atoms with van der Waals surface area (Å²) in [6.07, 6.45) is 0.998. The van der Waals surface area contributed by atoms with Gasteiger partial charge in [0.1, 0.15) is 0 Å². The standard InChI is InChI=1S/C16H18N2S2/c1-11-14-5-3-4-6-15(14)20-16(11)12(2)17-8-7-13-9-19-10-18-13/h3-6,9-10,12,17H,7-8H2,1-2H3. The number of benzene rings is 1. The van der Waals surface area contributed by atoms with Crippen molar-refractivity contribution in [3.8, 4) is 0 Å². The average molecular weight is 302 g/mol. The van der Waals surface area contributed by atoms with Crippen molar-refractivity contribution >= 4 is 32.8 Å². The molecule has 0 amide bonds. The van der Waals surface area contributed by atoms with E-state index in [2.05, 4.69) is 53.8 Å². The molecule has 3 rings (SSSR count). The van der Waals surface area contributed by atoms with E-state index in [1.807, 2.05) is 16.8 Å². The highest BCUT2D eigenvalue weighted by Crippen LogP contribution is 2.34. The van der Waals surface area contributed by atoms with Crippen molar-refractivity contribution in [2.24, 2.45) is 0 Å². The predicted molar refractivity (Wildman–Crippen MR) is 88.8 cm³/mol. The Morgan fingerprint density at radius 2 is 2.15 bits per heavy atom. The van der Waals surface area contributed by atoms with Gasteiger partial charge in [0.15, 0.2) is 0 Å². The zero-order valence-electron chi connectivity index (χ0n) is 11.7. The van der Waals surface area contributed by atoms with Gasteiger partial charge in [-0.25, -0.2) is 4.98 Å². The first kappa shape index (κ1) is 13.7. The Hall–Kier alpha value is -1.23. The third-order valence-electron chi connectivity index (χ3n) is 3.59. The van der Waals surface area contributed by atoms with Crippen LogP contribution in [-0.4, -0.2) is 11.5 Å². The Labute approximate surface area is 127 Å². The lowest BCUT2D eigenvalue weighted by atomic mass is 10.1. The number of fused-ring (bicyclic) bond motifs is 1. The number of thiophene rings is 1. The van der Waals surface area contributed by atoms with Crippen LogP contribution in [0.4, 0.5) is 0 Å². The molecule has 0 aliphatic carbocycles. The van der Waals surface area contributed by atoms with E-state index < -0.39 is 0 Å². The molecule has 3 aromatic rings. The first-order valence-corrected chi connectivity index (χ1v) is 8.60. The lowest BCUT2D eigenvalue weighted by Gasteiger charge is -2.12.